The number of ether oxygens (including phenoxy) is 1. The van der Waals surface area contributed by atoms with Crippen molar-refractivity contribution >= 4 is 44.8 Å². The zero-order chi connectivity index (χ0) is 31.4. The van der Waals surface area contributed by atoms with Crippen molar-refractivity contribution in [1.29, 1.82) is 0 Å². The van der Waals surface area contributed by atoms with Crippen molar-refractivity contribution < 1.29 is 36.9 Å². The van der Waals surface area contributed by atoms with Crippen LogP contribution in [0.2, 0.25) is 0 Å². The van der Waals surface area contributed by atoms with Crippen LogP contribution in [0.25, 0.3) is 5.57 Å². The number of nitrogens with zero attached hydrogens (tertiary/aromatic N) is 4. The Hall–Kier alpha value is -4.10. The monoisotopic (exact) mass is 623 g/mol. The molecule has 12 nitrogen and oxygen atoms in total. The van der Waals surface area contributed by atoms with E-state index >= 15 is 0 Å². The predicted octanol–water partition coefficient (Wildman–Crippen LogP) is 2.46. The Morgan fingerprint density at radius 3 is 2.57 bits per heavy atom. The van der Waals surface area contributed by atoms with Crippen LogP contribution in [0, 0.1) is 0 Å². The number of benzene rings is 2. The lowest BCUT2D eigenvalue weighted by Gasteiger charge is -2.44. The SMILES string of the molecule is CC[N+]1=c2cc3c(cc2CCC1)=Nc1cc2c(cc1O3)N(CCCC(=O)ON1C(=O)CCC1=O)C(C)(C)C=C2CS(=O)(=O)O. The lowest BCUT2D eigenvalue weighted by molar-refractivity contribution is -0.197. The standard InChI is InChI=1S/C31H34N4O8S/c1-4-33-11-5-7-19-13-22-26(15-24(19)33)42-27-16-25-21(14-23(27)32-22)20(18-44(39,40)41)17-31(2,3)34(25)12-6-8-30(38)43-35-28(36)9-10-29(35)37/h13-17H,4-12,18H2,1-3H3/p+1. The number of imide groups is 1. The number of fused-ring (bicyclic) bond motifs is 4. The summed E-state index contributed by atoms with van der Waals surface area (Å²) in [5, 5.41) is 2.38. The Kier molecular flexibility index (Phi) is 7.57. The first kappa shape index (κ1) is 29.9. The van der Waals surface area contributed by atoms with Gasteiger partial charge in [0, 0.05) is 55.1 Å². The second-order valence-corrected chi connectivity index (χ2v) is 13.5. The molecular formula is C31H35N4O8S+. The maximum Gasteiger partial charge on any atom is 0.333 e. The summed E-state index contributed by atoms with van der Waals surface area (Å²) in [7, 11) is -4.35. The van der Waals surface area contributed by atoms with Crippen molar-refractivity contribution in [3.05, 3.63) is 52.2 Å². The Bertz CT molecular complexity index is 1850. The van der Waals surface area contributed by atoms with Crippen molar-refractivity contribution in [3.63, 3.8) is 0 Å². The highest BCUT2D eigenvalue weighted by molar-refractivity contribution is 7.86. The molecule has 0 radical (unpaired) electrons. The highest BCUT2D eigenvalue weighted by Gasteiger charge is 2.36. The molecule has 0 aliphatic carbocycles. The number of amides is 2. The summed E-state index contributed by atoms with van der Waals surface area (Å²) in [6.07, 6.45) is 4.12. The molecule has 0 atom stereocenters. The summed E-state index contributed by atoms with van der Waals surface area (Å²) in [6.45, 7) is 8.17. The molecule has 232 valence electrons. The molecule has 2 amide bonds. The third-order valence-corrected chi connectivity index (χ3v) is 9.13. The number of anilines is 1. The van der Waals surface area contributed by atoms with Crippen LogP contribution in [-0.4, -0.2) is 66.7 Å². The minimum Gasteiger partial charge on any atom is -0.452 e. The highest BCUT2D eigenvalue weighted by atomic mass is 32.2. The van der Waals surface area contributed by atoms with E-state index < -0.39 is 39.2 Å². The molecule has 1 N–H and O–H groups in total. The molecule has 0 spiro atoms. The Morgan fingerprint density at radius 1 is 1.11 bits per heavy atom. The van der Waals surface area contributed by atoms with Crippen LogP contribution < -0.4 is 24.9 Å². The van der Waals surface area contributed by atoms with Crippen molar-refractivity contribution in [2.75, 3.05) is 30.3 Å². The van der Waals surface area contributed by atoms with Gasteiger partial charge >= 0.3 is 5.97 Å². The van der Waals surface area contributed by atoms with Crippen LogP contribution in [0.4, 0.5) is 11.4 Å². The molecule has 4 aliphatic heterocycles. The van der Waals surface area contributed by atoms with Gasteiger partial charge in [0.05, 0.1) is 11.6 Å². The molecule has 0 bridgehead atoms. The number of carbonyl (C=O) groups is 3. The Morgan fingerprint density at radius 2 is 1.86 bits per heavy atom. The van der Waals surface area contributed by atoms with E-state index in [0.29, 0.717) is 57.4 Å². The smallest absolute Gasteiger partial charge is 0.333 e. The second kappa shape index (κ2) is 11.1. The van der Waals surface area contributed by atoms with E-state index in [1.165, 1.54) is 5.56 Å². The minimum atomic E-state index is -4.35. The van der Waals surface area contributed by atoms with E-state index in [0.717, 1.165) is 31.3 Å². The molecule has 0 unspecified atom stereocenters. The molecular weight excluding hydrogens is 588 g/mol. The zero-order valence-corrected chi connectivity index (χ0v) is 25.8. The number of carbonyl (C=O) groups excluding carboxylic acids is 3. The number of rotatable bonds is 8. The van der Waals surface area contributed by atoms with E-state index in [2.05, 4.69) is 17.6 Å². The van der Waals surface area contributed by atoms with Gasteiger partial charge in [-0.2, -0.15) is 8.42 Å². The predicted molar refractivity (Wildman–Crippen MR) is 161 cm³/mol. The molecule has 2 aromatic rings. The summed E-state index contributed by atoms with van der Waals surface area (Å²) in [5.74, 6) is -1.19. The second-order valence-electron chi connectivity index (χ2n) is 12.0. The Labute approximate surface area is 255 Å². The first-order valence-electron chi connectivity index (χ1n) is 14.8. The van der Waals surface area contributed by atoms with Crippen LogP contribution in [0.15, 0.2) is 35.3 Å². The summed E-state index contributed by atoms with van der Waals surface area (Å²) in [6, 6.07) is 7.70. The molecule has 1 fully saturated rings. The van der Waals surface area contributed by atoms with E-state index in [1.807, 2.05) is 30.9 Å². The van der Waals surface area contributed by atoms with E-state index in [4.69, 9.17) is 14.6 Å². The van der Waals surface area contributed by atoms with Gasteiger partial charge in [-0.25, -0.2) is 14.4 Å². The van der Waals surface area contributed by atoms with Gasteiger partial charge in [0.15, 0.2) is 11.5 Å². The Balaban J connectivity index is 1.34. The number of aryl methyl sites for hydroxylation is 1. The van der Waals surface area contributed by atoms with Crippen molar-refractivity contribution in [1.82, 2.24) is 9.64 Å². The maximum atomic E-state index is 12.5. The molecule has 13 heteroatoms. The van der Waals surface area contributed by atoms with E-state index in [-0.39, 0.29) is 19.3 Å². The molecule has 0 aromatic heterocycles. The molecule has 2 aromatic carbocycles. The first-order valence-corrected chi connectivity index (χ1v) is 16.4. The molecule has 4 heterocycles. The van der Waals surface area contributed by atoms with Crippen LogP contribution in [0.5, 0.6) is 11.5 Å². The van der Waals surface area contributed by atoms with Gasteiger partial charge in [-0.1, -0.05) is 6.08 Å². The normalized spacial score (nSPS) is 18.5. The lowest BCUT2D eigenvalue weighted by atomic mass is 9.88. The fourth-order valence-electron chi connectivity index (χ4n) is 6.43. The molecule has 1 saturated heterocycles. The topological polar surface area (TPSA) is 146 Å². The third kappa shape index (κ3) is 5.73. The van der Waals surface area contributed by atoms with Crippen molar-refractivity contribution in [3.8, 4) is 11.5 Å². The number of hydrogen-bond donors (Lipinski definition) is 1. The summed E-state index contributed by atoms with van der Waals surface area (Å²) >= 11 is 0. The lowest BCUT2D eigenvalue weighted by Crippen LogP contribution is -2.46. The number of hydrogen-bond acceptors (Lipinski definition) is 9. The zero-order valence-electron chi connectivity index (χ0n) is 25.0. The van der Waals surface area contributed by atoms with Gasteiger partial charge in [-0.15, -0.1) is 5.06 Å². The van der Waals surface area contributed by atoms with Crippen LogP contribution in [0.3, 0.4) is 0 Å². The fourth-order valence-corrected chi connectivity index (χ4v) is 7.07. The maximum absolute atomic E-state index is 12.5. The first-order chi connectivity index (χ1) is 20.8. The average molecular weight is 624 g/mol. The molecule has 4 aliphatic rings. The van der Waals surface area contributed by atoms with Crippen molar-refractivity contribution in [2.24, 2.45) is 4.99 Å². The third-order valence-electron chi connectivity index (χ3n) is 8.45. The molecule has 44 heavy (non-hydrogen) atoms. The van der Waals surface area contributed by atoms with Gasteiger partial charge in [0.25, 0.3) is 21.9 Å². The number of hydroxylamine groups is 2. The van der Waals surface area contributed by atoms with Crippen LogP contribution >= 0.6 is 0 Å². The largest absolute Gasteiger partial charge is 0.452 e. The van der Waals surface area contributed by atoms with Gasteiger partial charge in [-0.05, 0) is 51.3 Å². The molecule has 6 rings (SSSR count). The summed E-state index contributed by atoms with van der Waals surface area (Å²) < 4.78 is 42.6. The van der Waals surface area contributed by atoms with E-state index in [9.17, 15) is 27.4 Å². The van der Waals surface area contributed by atoms with Crippen LogP contribution in [-0.2, 0) is 35.8 Å². The van der Waals surface area contributed by atoms with Gasteiger partial charge in [-0.3, -0.25) is 14.1 Å². The fraction of sp³-hybridized carbons (Fsp3) is 0.452. The van der Waals surface area contributed by atoms with Gasteiger partial charge < -0.3 is 14.5 Å². The van der Waals surface area contributed by atoms with E-state index in [1.54, 1.807) is 12.1 Å². The minimum absolute atomic E-state index is 0.0194. The van der Waals surface area contributed by atoms with Gasteiger partial charge in [0.2, 0.25) is 5.36 Å². The average Bonchev–Trinajstić information content (AvgIpc) is 3.26. The summed E-state index contributed by atoms with van der Waals surface area (Å²) in [5.41, 5.74) is 2.73. The van der Waals surface area contributed by atoms with Crippen LogP contribution in [0.1, 0.15) is 64.0 Å². The highest BCUT2D eigenvalue weighted by Crippen LogP contribution is 2.46. The van der Waals surface area contributed by atoms with Gasteiger partial charge in [0.1, 0.15) is 29.9 Å². The van der Waals surface area contributed by atoms with Crippen molar-refractivity contribution in [2.45, 2.75) is 64.8 Å². The quantitative estimate of drug-likeness (QED) is 0.227. The summed E-state index contributed by atoms with van der Waals surface area (Å²) in [4.78, 5) is 48.1. The molecule has 0 saturated carbocycles.